The molecule has 0 spiro atoms. The molecule has 2 N–H and O–H groups in total. The number of rotatable bonds is 8. The van der Waals surface area contributed by atoms with Crippen molar-refractivity contribution in [3.63, 3.8) is 0 Å². The Morgan fingerprint density at radius 2 is 1.50 bits per heavy atom. The molecule has 0 bridgehead atoms. The number of sulfone groups is 1. The molecule has 228 valence electrons. The summed E-state index contributed by atoms with van der Waals surface area (Å²) < 4.78 is 36.0. The van der Waals surface area contributed by atoms with E-state index < -0.39 is 27.3 Å². The third-order valence-electron chi connectivity index (χ3n) is 7.77. The zero-order valence-corrected chi connectivity index (χ0v) is 27.0. The highest BCUT2D eigenvalue weighted by Crippen LogP contribution is 2.42. The Labute approximate surface area is 261 Å². The van der Waals surface area contributed by atoms with Gasteiger partial charge in [0.2, 0.25) is 9.84 Å². The van der Waals surface area contributed by atoms with E-state index in [1.165, 1.54) is 12.1 Å². The predicted molar refractivity (Wildman–Crippen MR) is 176 cm³/mol. The zero-order valence-electron chi connectivity index (χ0n) is 25.4. The molecule has 5 rings (SSSR count). The van der Waals surface area contributed by atoms with Crippen molar-refractivity contribution in [3.8, 4) is 0 Å². The SMILES string of the molecule is CCOC(=O)C1=c2sc(=Cc3ccc(C(C)C)cc3)c(=O)n2C(N)=C(S(=O)(=O)c2ccccc2)C1c1ccc(C(C)C)cc1. The van der Waals surface area contributed by atoms with Gasteiger partial charge in [-0.1, -0.05) is 94.4 Å². The number of thiazole rings is 1. The van der Waals surface area contributed by atoms with Crippen molar-refractivity contribution in [1.29, 1.82) is 0 Å². The number of carbonyl (C=O) groups excluding carboxylic acids is 1. The average molecular weight is 629 g/mol. The molecular weight excluding hydrogens is 593 g/mol. The van der Waals surface area contributed by atoms with Gasteiger partial charge in [0.25, 0.3) is 5.56 Å². The topological polar surface area (TPSA) is 108 Å². The van der Waals surface area contributed by atoms with Crippen LogP contribution in [0, 0.1) is 0 Å². The van der Waals surface area contributed by atoms with Gasteiger partial charge in [-0.25, -0.2) is 13.2 Å². The van der Waals surface area contributed by atoms with Crippen molar-refractivity contribution >= 4 is 44.6 Å². The van der Waals surface area contributed by atoms with Gasteiger partial charge in [0.15, 0.2) is 0 Å². The van der Waals surface area contributed by atoms with E-state index >= 15 is 0 Å². The van der Waals surface area contributed by atoms with Crippen LogP contribution >= 0.6 is 11.3 Å². The molecule has 0 saturated heterocycles. The van der Waals surface area contributed by atoms with Gasteiger partial charge in [-0.2, -0.15) is 0 Å². The Morgan fingerprint density at radius 3 is 2.05 bits per heavy atom. The molecule has 7 nitrogen and oxygen atoms in total. The smallest absolute Gasteiger partial charge is 0.338 e. The average Bonchev–Trinajstić information content (AvgIpc) is 3.33. The molecule has 9 heteroatoms. The maximum Gasteiger partial charge on any atom is 0.338 e. The van der Waals surface area contributed by atoms with Gasteiger partial charge in [-0.3, -0.25) is 9.36 Å². The number of nitrogens with two attached hydrogens (primary N) is 1. The molecule has 3 aromatic carbocycles. The van der Waals surface area contributed by atoms with E-state index in [0.29, 0.717) is 16.0 Å². The Hall–Kier alpha value is -4.21. The normalized spacial score (nSPS) is 15.7. The molecule has 1 atom stereocenters. The number of carbonyl (C=O) groups is 1. The number of hydrogen-bond acceptors (Lipinski definition) is 7. The highest BCUT2D eigenvalue weighted by molar-refractivity contribution is 7.95. The standard InChI is InChI=1S/C35H36N2O5S2/c1-6-42-35(39)30-29(26-18-16-25(17-19-26)22(4)5)31(44(40,41)27-10-8-7-9-11-27)32(36)37-33(38)28(43-34(30)37)20-23-12-14-24(15-13-23)21(2)3/h7-22,29H,6,36H2,1-5H3. The van der Waals surface area contributed by atoms with Gasteiger partial charge >= 0.3 is 5.97 Å². The van der Waals surface area contributed by atoms with Crippen LogP contribution in [-0.2, 0) is 19.4 Å². The minimum atomic E-state index is -4.28. The Morgan fingerprint density at radius 1 is 0.932 bits per heavy atom. The summed E-state index contributed by atoms with van der Waals surface area (Å²) in [7, 11) is -4.28. The summed E-state index contributed by atoms with van der Waals surface area (Å²) in [5.74, 6) is -1.44. The summed E-state index contributed by atoms with van der Waals surface area (Å²) in [6.45, 7) is 10.1. The minimum Gasteiger partial charge on any atom is -0.463 e. The van der Waals surface area contributed by atoms with Crippen LogP contribution in [0.4, 0.5) is 0 Å². The van der Waals surface area contributed by atoms with Crippen molar-refractivity contribution in [1.82, 2.24) is 4.57 Å². The first-order valence-electron chi connectivity index (χ1n) is 14.6. The van der Waals surface area contributed by atoms with Gasteiger partial charge < -0.3 is 10.5 Å². The quantitative estimate of drug-likeness (QED) is 0.274. The Balaban J connectivity index is 1.87. The van der Waals surface area contributed by atoms with Gasteiger partial charge in [-0.15, -0.1) is 11.3 Å². The summed E-state index contributed by atoms with van der Waals surface area (Å²) >= 11 is 1.10. The lowest BCUT2D eigenvalue weighted by Crippen LogP contribution is -2.41. The van der Waals surface area contributed by atoms with Crippen LogP contribution in [0.3, 0.4) is 0 Å². The van der Waals surface area contributed by atoms with E-state index in [1.807, 2.05) is 48.5 Å². The molecule has 0 aliphatic carbocycles. The number of benzene rings is 3. The fourth-order valence-electron chi connectivity index (χ4n) is 5.35. The summed E-state index contributed by atoms with van der Waals surface area (Å²) in [6, 6.07) is 23.3. The van der Waals surface area contributed by atoms with E-state index in [9.17, 15) is 18.0 Å². The number of fused-ring (bicyclic) bond motifs is 1. The lowest BCUT2D eigenvalue weighted by Gasteiger charge is -2.28. The second-order valence-corrected chi connectivity index (χ2v) is 14.3. The lowest BCUT2D eigenvalue weighted by molar-refractivity contribution is -0.136. The number of allylic oxidation sites excluding steroid dienone is 1. The van der Waals surface area contributed by atoms with Gasteiger partial charge in [0, 0.05) is 0 Å². The van der Waals surface area contributed by atoms with Gasteiger partial charge in [-0.05, 0) is 59.2 Å². The second kappa shape index (κ2) is 12.4. The van der Waals surface area contributed by atoms with Crippen molar-refractivity contribution in [2.45, 2.75) is 57.3 Å². The molecule has 0 amide bonds. The molecule has 1 unspecified atom stereocenters. The van der Waals surface area contributed by atoms with Crippen molar-refractivity contribution in [3.05, 3.63) is 126 Å². The summed E-state index contributed by atoms with van der Waals surface area (Å²) in [6.07, 6.45) is 1.73. The van der Waals surface area contributed by atoms with Crippen molar-refractivity contribution in [2.24, 2.45) is 5.73 Å². The highest BCUT2D eigenvalue weighted by Gasteiger charge is 2.42. The van der Waals surface area contributed by atoms with E-state index in [-0.39, 0.29) is 38.4 Å². The second-order valence-electron chi connectivity index (χ2n) is 11.3. The molecular formula is C35H36N2O5S2. The third-order valence-corrected chi connectivity index (χ3v) is 10.8. The summed E-state index contributed by atoms with van der Waals surface area (Å²) in [5.41, 5.74) is 9.83. The lowest BCUT2D eigenvalue weighted by atomic mass is 9.88. The van der Waals surface area contributed by atoms with Crippen LogP contribution in [0.1, 0.15) is 74.6 Å². The Bertz CT molecular complexity index is 2020. The monoisotopic (exact) mass is 628 g/mol. The van der Waals surface area contributed by atoms with Crippen LogP contribution in [0.15, 0.2) is 93.5 Å². The van der Waals surface area contributed by atoms with E-state index in [0.717, 1.165) is 32.6 Å². The van der Waals surface area contributed by atoms with Crippen LogP contribution < -0.4 is 20.5 Å². The van der Waals surface area contributed by atoms with E-state index in [2.05, 4.69) is 27.7 Å². The van der Waals surface area contributed by atoms with E-state index in [1.54, 1.807) is 31.2 Å². The van der Waals surface area contributed by atoms with Crippen LogP contribution in [0.2, 0.25) is 0 Å². The minimum absolute atomic E-state index is 0.00807. The van der Waals surface area contributed by atoms with Crippen molar-refractivity contribution < 1.29 is 17.9 Å². The van der Waals surface area contributed by atoms with E-state index in [4.69, 9.17) is 10.5 Å². The maximum atomic E-state index is 14.4. The summed E-state index contributed by atoms with van der Waals surface area (Å²) in [5, 5.41) is 0. The fourth-order valence-corrected chi connectivity index (χ4v) is 8.21. The maximum absolute atomic E-state index is 14.4. The number of ether oxygens (including phenoxy) is 1. The molecule has 1 aliphatic rings. The molecule has 4 aromatic rings. The molecule has 0 saturated carbocycles. The highest BCUT2D eigenvalue weighted by atomic mass is 32.2. The molecule has 1 aliphatic heterocycles. The fraction of sp³-hybridized carbons (Fsp3) is 0.257. The van der Waals surface area contributed by atoms with Gasteiger partial charge in [0.1, 0.15) is 15.4 Å². The first kappa shape index (κ1) is 31.2. The third kappa shape index (κ3) is 5.69. The largest absolute Gasteiger partial charge is 0.463 e. The van der Waals surface area contributed by atoms with Crippen molar-refractivity contribution in [2.75, 3.05) is 6.61 Å². The molecule has 1 aromatic heterocycles. The number of aromatic nitrogens is 1. The number of nitrogens with zero attached hydrogens (tertiary/aromatic N) is 1. The summed E-state index contributed by atoms with van der Waals surface area (Å²) in [4.78, 5) is 27.5. The Kier molecular flexibility index (Phi) is 8.81. The molecule has 0 fully saturated rings. The zero-order chi connectivity index (χ0) is 31.8. The first-order chi connectivity index (χ1) is 20.9. The number of hydrogen-bond donors (Lipinski definition) is 1. The molecule has 2 heterocycles. The first-order valence-corrected chi connectivity index (χ1v) is 16.9. The predicted octanol–water partition coefficient (Wildman–Crippen LogP) is 5.06. The number of esters is 1. The van der Waals surface area contributed by atoms with Gasteiger partial charge in [0.05, 0.1) is 27.5 Å². The van der Waals surface area contributed by atoms with Crippen LogP contribution in [-0.4, -0.2) is 25.6 Å². The van der Waals surface area contributed by atoms with Crippen LogP contribution in [0.25, 0.3) is 17.5 Å². The molecule has 44 heavy (non-hydrogen) atoms. The molecule has 0 radical (unpaired) electrons. The van der Waals surface area contributed by atoms with Crippen LogP contribution in [0.5, 0.6) is 0 Å².